The molecule has 0 bridgehead atoms. The number of hydrogen-bond acceptors (Lipinski definition) is 6. The Hall–Kier alpha value is -3.04. The third-order valence-electron chi connectivity index (χ3n) is 7.22. The van der Waals surface area contributed by atoms with Gasteiger partial charge in [0.2, 0.25) is 0 Å². The Bertz CT molecular complexity index is 1560. The molecule has 1 unspecified atom stereocenters. The number of nitrogens with zero attached hydrogens (tertiary/aromatic N) is 3. The Balaban J connectivity index is 1.19. The van der Waals surface area contributed by atoms with Gasteiger partial charge < -0.3 is 14.4 Å². The molecule has 226 valence electrons. The first-order chi connectivity index (χ1) is 20.4. The minimum Gasteiger partial charge on any atom is -0.490 e. The van der Waals surface area contributed by atoms with Crippen LogP contribution in [0.25, 0.3) is 11.1 Å². The molecule has 8 nitrogen and oxygen atoms in total. The van der Waals surface area contributed by atoms with Crippen molar-refractivity contribution >= 4 is 64.3 Å². The molecule has 1 fully saturated rings. The van der Waals surface area contributed by atoms with Crippen molar-refractivity contribution < 1.29 is 23.9 Å². The van der Waals surface area contributed by atoms with Crippen molar-refractivity contribution in [2.45, 2.75) is 51.7 Å². The van der Waals surface area contributed by atoms with Crippen LogP contribution in [0.2, 0.25) is 20.1 Å². The third kappa shape index (κ3) is 6.58. The number of carbonyl (C=O) groups excluding carboxylic acids is 3. The van der Waals surface area contributed by atoms with Crippen LogP contribution >= 0.6 is 46.4 Å². The van der Waals surface area contributed by atoms with Crippen molar-refractivity contribution in [3.05, 3.63) is 79.5 Å². The highest BCUT2D eigenvalue weighted by molar-refractivity contribution is 6.55. The van der Waals surface area contributed by atoms with Crippen LogP contribution in [0.1, 0.15) is 59.9 Å². The summed E-state index contributed by atoms with van der Waals surface area (Å²) in [6.45, 7) is 6.69. The molecule has 43 heavy (non-hydrogen) atoms. The van der Waals surface area contributed by atoms with E-state index in [9.17, 15) is 14.4 Å². The molecular formula is C31H29Cl4N3O5. The minimum atomic E-state index is -0.550. The summed E-state index contributed by atoms with van der Waals surface area (Å²) in [7, 11) is 0. The van der Waals surface area contributed by atoms with Gasteiger partial charge in [-0.05, 0) is 57.2 Å². The topological polar surface area (TPSA) is 89.0 Å². The van der Waals surface area contributed by atoms with Crippen LogP contribution in [0, 0.1) is 0 Å². The first-order valence-electron chi connectivity index (χ1n) is 13.7. The number of halogens is 4. The van der Waals surface area contributed by atoms with Crippen molar-refractivity contribution in [1.29, 1.82) is 0 Å². The maximum absolute atomic E-state index is 13.0. The number of ether oxygens (including phenoxy) is 2. The molecule has 0 N–H and O–H groups in total. The summed E-state index contributed by atoms with van der Waals surface area (Å²) < 4.78 is 11.5. The Kier molecular flexibility index (Phi) is 9.14. The van der Waals surface area contributed by atoms with E-state index in [4.69, 9.17) is 55.9 Å². The maximum atomic E-state index is 13.0. The predicted octanol–water partition coefficient (Wildman–Crippen LogP) is 7.98. The normalized spacial score (nSPS) is 16.3. The van der Waals surface area contributed by atoms with Crippen LogP contribution in [0.5, 0.6) is 5.75 Å². The van der Waals surface area contributed by atoms with Gasteiger partial charge in [0.15, 0.2) is 0 Å². The fraction of sp³-hybridized carbons (Fsp3) is 0.355. The quantitative estimate of drug-likeness (QED) is 0.138. The van der Waals surface area contributed by atoms with Gasteiger partial charge in [0.05, 0.1) is 43.5 Å². The maximum Gasteiger partial charge on any atom is 0.410 e. The first-order valence-corrected chi connectivity index (χ1v) is 15.3. The lowest BCUT2D eigenvalue weighted by Gasteiger charge is -2.40. The smallest absolute Gasteiger partial charge is 0.410 e. The van der Waals surface area contributed by atoms with Crippen LogP contribution in [-0.2, 0) is 11.2 Å². The first kappa shape index (κ1) is 31.4. The van der Waals surface area contributed by atoms with Crippen LogP contribution in [-0.4, -0.2) is 64.0 Å². The van der Waals surface area contributed by atoms with Crippen LogP contribution < -0.4 is 4.74 Å². The van der Waals surface area contributed by atoms with E-state index in [2.05, 4.69) is 4.98 Å². The van der Waals surface area contributed by atoms with Gasteiger partial charge in [0.1, 0.15) is 18.0 Å². The molecule has 2 aromatic carbocycles. The van der Waals surface area contributed by atoms with Gasteiger partial charge in [-0.25, -0.2) is 4.79 Å². The van der Waals surface area contributed by atoms with Crippen molar-refractivity contribution in [1.82, 2.24) is 14.8 Å². The van der Waals surface area contributed by atoms with Gasteiger partial charge in [0, 0.05) is 24.8 Å². The number of fused-ring (bicyclic) bond motifs is 1. The average Bonchev–Trinajstić information content (AvgIpc) is 3.19. The SMILES string of the molecule is CC(C)(C)OC(=O)N1CCC1COc1cncc(-c2cccc(CCCN3C(=O)c4c(Cl)c(Cl)c(Cl)c(Cl)c4C3=O)c2)c1. The zero-order chi connectivity index (χ0) is 31.1. The van der Waals surface area contributed by atoms with Gasteiger partial charge in [-0.3, -0.25) is 19.5 Å². The highest BCUT2D eigenvalue weighted by Crippen LogP contribution is 2.44. The summed E-state index contributed by atoms with van der Waals surface area (Å²) >= 11 is 24.7. The summed E-state index contributed by atoms with van der Waals surface area (Å²) in [4.78, 5) is 45.5. The zero-order valence-corrected chi connectivity index (χ0v) is 26.8. The largest absolute Gasteiger partial charge is 0.490 e. The Morgan fingerprint density at radius 1 is 0.953 bits per heavy atom. The van der Waals surface area contributed by atoms with E-state index >= 15 is 0 Å². The fourth-order valence-corrected chi connectivity index (χ4v) is 5.98. The molecule has 0 spiro atoms. The molecule has 0 saturated carbocycles. The highest BCUT2D eigenvalue weighted by Gasteiger charge is 2.41. The highest BCUT2D eigenvalue weighted by atomic mass is 35.5. The summed E-state index contributed by atoms with van der Waals surface area (Å²) in [5.41, 5.74) is 2.25. The summed E-state index contributed by atoms with van der Waals surface area (Å²) in [6, 6.07) is 9.79. The minimum absolute atomic E-state index is 0.0162. The van der Waals surface area contributed by atoms with Crippen LogP contribution in [0.15, 0.2) is 42.7 Å². The summed E-state index contributed by atoms with van der Waals surface area (Å²) in [6.07, 6.45) is 5.03. The predicted molar refractivity (Wildman–Crippen MR) is 167 cm³/mol. The van der Waals surface area contributed by atoms with E-state index in [0.29, 0.717) is 31.7 Å². The second-order valence-electron chi connectivity index (χ2n) is 11.4. The standard InChI is InChI=1S/C31H29Cl4N3O5/c1-31(2,3)43-30(41)37-11-9-20(37)16-42-21-13-19(14-36-15-21)18-8-4-6-17(12-18)7-5-10-38-28(39)22-23(29(38)40)25(33)27(35)26(34)24(22)32/h4,6,8,12-15,20H,5,7,9-11,16H2,1-3H3. The number of carbonyl (C=O) groups is 3. The van der Waals surface area contributed by atoms with E-state index in [1.54, 1.807) is 17.3 Å². The van der Waals surface area contributed by atoms with E-state index in [1.165, 1.54) is 0 Å². The van der Waals surface area contributed by atoms with Gasteiger partial charge in [-0.15, -0.1) is 0 Å². The number of aryl methyl sites for hydroxylation is 1. The Labute approximate surface area is 269 Å². The van der Waals surface area contributed by atoms with Gasteiger partial charge in [-0.1, -0.05) is 70.7 Å². The third-order valence-corrected chi connectivity index (χ3v) is 9.02. The lowest BCUT2D eigenvalue weighted by atomic mass is 10.0. The molecule has 2 aliphatic rings. The van der Waals surface area contributed by atoms with E-state index in [1.807, 2.05) is 51.1 Å². The number of hydrogen-bond donors (Lipinski definition) is 0. The molecule has 3 heterocycles. The summed E-state index contributed by atoms with van der Waals surface area (Å²) in [5, 5.41) is -0.261. The van der Waals surface area contributed by atoms with Crippen molar-refractivity contribution in [3.8, 4) is 16.9 Å². The lowest BCUT2D eigenvalue weighted by Crippen LogP contribution is -2.55. The number of amides is 3. The van der Waals surface area contributed by atoms with Gasteiger partial charge in [0.25, 0.3) is 11.8 Å². The molecule has 1 saturated heterocycles. The number of pyridine rings is 1. The van der Waals surface area contributed by atoms with E-state index < -0.39 is 17.4 Å². The van der Waals surface area contributed by atoms with E-state index in [-0.39, 0.29) is 49.9 Å². The molecule has 3 amide bonds. The molecule has 0 aliphatic carbocycles. The monoisotopic (exact) mass is 663 g/mol. The zero-order valence-electron chi connectivity index (χ0n) is 23.8. The number of imide groups is 1. The second-order valence-corrected chi connectivity index (χ2v) is 12.9. The lowest BCUT2D eigenvalue weighted by molar-refractivity contribution is -0.0141. The van der Waals surface area contributed by atoms with Crippen molar-refractivity contribution in [2.24, 2.45) is 0 Å². The number of likely N-dealkylation sites (tertiary alicyclic amines) is 1. The molecule has 5 rings (SSSR count). The number of rotatable bonds is 8. The molecule has 12 heteroatoms. The molecular weight excluding hydrogens is 636 g/mol. The van der Waals surface area contributed by atoms with Crippen molar-refractivity contribution in [2.75, 3.05) is 19.7 Å². The molecule has 1 atom stereocenters. The molecule has 3 aromatic rings. The Morgan fingerprint density at radius 2 is 1.63 bits per heavy atom. The van der Waals surface area contributed by atoms with Crippen LogP contribution in [0.3, 0.4) is 0 Å². The molecule has 2 aliphatic heterocycles. The molecule has 0 radical (unpaired) electrons. The van der Waals surface area contributed by atoms with Gasteiger partial charge >= 0.3 is 6.09 Å². The molecule has 1 aromatic heterocycles. The van der Waals surface area contributed by atoms with Crippen LogP contribution in [0.4, 0.5) is 4.79 Å². The fourth-order valence-electron chi connectivity index (χ4n) is 4.97. The number of aromatic nitrogens is 1. The average molecular weight is 665 g/mol. The summed E-state index contributed by atoms with van der Waals surface area (Å²) in [5.74, 6) is -0.487. The van der Waals surface area contributed by atoms with Gasteiger partial charge in [-0.2, -0.15) is 0 Å². The van der Waals surface area contributed by atoms with E-state index in [0.717, 1.165) is 28.0 Å². The second kappa shape index (κ2) is 12.5. The van der Waals surface area contributed by atoms with Crippen molar-refractivity contribution in [3.63, 3.8) is 0 Å². The Morgan fingerprint density at radius 3 is 2.23 bits per heavy atom. The number of benzene rings is 2.